The van der Waals surface area contributed by atoms with Gasteiger partial charge in [0, 0.05) is 19.2 Å². The first-order chi connectivity index (χ1) is 10.2. The lowest BCUT2D eigenvalue weighted by Gasteiger charge is -2.18. The van der Waals surface area contributed by atoms with Crippen LogP contribution in [0, 0.1) is 0 Å². The summed E-state index contributed by atoms with van der Waals surface area (Å²) in [7, 11) is 0. The van der Waals surface area contributed by atoms with Crippen molar-refractivity contribution in [2.24, 2.45) is 0 Å². The predicted octanol–water partition coefficient (Wildman–Crippen LogP) is 2.67. The first kappa shape index (κ1) is 16.7. The van der Waals surface area contributed by atoms with Crippen LogP contribution in [0.1, 0.15) is 18.9 Å². The Kier molecular flexibility index (Phi) is 7.58. The molecule has 0 fully saturated rings. The summed E-state index contributed by atoms with van der Waals surface area (Å²) < 4.78 is 4.86. The summed E-state index contributed by atoms with van der Waals surface area (Å²) in [4.78, 5) is 25.0. The molecule has 112 valence electrons. The zero-order valence-electron chi connectivity index (χ0n) is 12.3. The number of benzene rings is 1. The van der Waals surface area contributed by atoms with E-state index < -0.39 is 0 Å². The van der Waals surface area contributed by atoms with Crippen LogP contribution in [0.25, 0.3) is 6.08 Å². The Morgan fingerprint density at radius 3 is 2.62 bits per heavy atom. The van der Waals surface area contributed by atoms with Gasteiger partial charge in [0.2, 0.25) is 5.91 Å². The van der Waals surface area contributed by atoms with Crippen LogP contribution in [0.3, 0.4) is 0 Å². The van der Waals surface area contributed by atoms with Crippen molar-refractivity contribution in [3.8, 4) is 0 Å². The van der Waals surface area contributed by atoms with Crippen LogP contribution >= 0.6 is 0 Å². The van der Waals surface area contributed by atoms with Gasteiger partial charge >= 0.3 is 5.97 Å². The standard InChI is InChI=1S/C17H21NO3/c1-3-13-18(14-12-17(20)21-4-2)16(19)11-10-15-8-6-5-7-9-15/h3,5-11H,1,4,12-14H2,2H3/b11-10+. The first-order valence-corrected chi connectivity index (χ1v) is 6.96. The average molecular weight is 287 g/mol. The summed E-state index contributed by atoms with van der Waals surface area (Å²) in [5.41, 5.74) is 0.954. The summed E-state index contributed by atoms with van der Waals surface area (Å²) in [6, 6.07) is 9.57. The highest BCUT2D eigenvalue weighted by Gasteiger charge is 2.11. The first-order valence-electron chi connectivity index (χ1n) is 6.96. The maximum Gasteiger partial charge on any atom is 0.307 e. The largest absolute Gasteiger partial charge is 0.466 e. The van der Waals surface area contributed by atoms with E-state index in [4.69, 9.17) is 4.74 Å². The van der Waals surface area contributed by atoms with Crippen LogP contribution in [-0.4, -0.2) is 36.5 Å². The summed E-state index contributed by atoms with van der Waals surface area (Å²) in [5, 5.41) is 0. The Balaban J connectivity index is 2.58. The summed E-state index contributed by atoms with van der Waals surface area (Å²) in [5.74, 6) is -0.450. The smallest absolute Gasteiger partial charge is 0.307 e. The molecule has 1 rings (SSSR count). The molecule has 0 atom stereocenters. The van der Waals surface area contributed by atoms with Crippen molar-refractivity contribution >= 4 is 18.0 Å². The molecule has 0 spiro atoms. The minimum atomic E-state index is -0.300. The van der Waals surface area contributed by atoms with Crippen molar-refractivity contribution in [2.45, 2.75) is 13.3 Å². The van der Waals surface area contributed by atoms with Gasteiger partial charge in [-0.05, 0) is 18.6 Å². The molecule has 0 saturated carbocycles. The average Bonchev–Trinajstić information content (AvgIpc) is 2.50. The number of amides is 1. The van der Waals surface area contributed by atoms with Crippen LogP contribution in [-0.2, 0) is 14.3 Å². The quantitative estimate of drug-likeness (QED) is 0.419. The number of hydrogen-bond acceptors (Lipinski definition) is 3. The fourth-order valence-corrected chi connectivity index (χ4v) is 1.74. The minimum absolute atomic E-state index is 0.150. The molecule has 0 aromatic heterocycles. The fraction of sp³-hybridized carbons (Fsp3) is 0.294. The van der Waals surface area contributed by atoms with Gasteiger partial charge in [-0.25, -0.2) is 0 Å². The van der Waals surface area contributed by atoms with Gasteiger partial charge in [-0.15, -0.1) is 6.58 Å². The van der Waals surface area contributed by atoms with Crippen molar-refractivity contribution in [1.82, 2.24) is 4.90 Å². The summed E-state index contributed by atoms with van der Waals surface area (Å²) in [6.45, 7) is 6.46. The van der Waals surface area contributed by atoms with E-state index in [1.807, 2.05) is 30.3 Å². The van der Waals surface area contributed by atoms with Gasteiger partial charge in [-0.2, -0.15) is 0 Å². The van der Waals surface area contributed by atoms with E-state index in [2.05, 4.69) is 6.58 Å². The highest BCUT2D eigenvalue weighted by Crippen LogP contribution is 2.03. The molecule has 0 bridgehead atoms. The van der Waals surface area contributed by atoms with E-state index in [-0.39, 0.29) is 18.3 Å². The van der Waals surface area contributed by atoms with E-state index in [0.717, 1.165) is 5.56 Å². The molecule has 0 saturated heterocycles. The molecular formula is C17H21NO3. The second-order valence-electron chi connectivity index (χ2n) is 4.37. The molecule has 1 amide bonds. The predicted molar refractivity (Wildman–Crippen MR) is 83.5 cm³/mol. The lowest BCUT2D eigenvalue weighted by molar-refractivity contribution is -0.143. The number of rotatable bonds is 8. The second kappa shape index (κ2) is 9.53. The van der Waals surface area contributed by atoms with Crippen molar-refractivity contribution in [3.05, 3.63) is 54.6 Å². The van der Waals surface area contributed by atoms with E-state index >= 15 is 0 Å². The highest BCUT2D eigenvalue weighted by molar-refractivity contribution is 5.92. The van der Waals surface area contributed by atoms with Crippen molar-refractivity contribution in [3.63, 3.8) is 0 Å². The Bertz CT molecular complexity index is 494. The minimum Gasteiger partial charge on any atom is -0.466 e. The molecule has 21 heavy (non-hydrogen) atoms. The molecule has 4 heteroatoms. The van der Waals surface area contributed by atoms with Crippen LogP contribution < -0.4 is 0 Å². The van der Waals surface area contributed by atoms with Crippen LogP contribution in [0.5, 0.6) is 0 Å². The molecule has 0 radical (unpaired) electrons. The van der Waals surface area contributed by atoms with Crippen LogP contribution in [0.4, 0.5) is 0 Å². The zero-order valence-corrected chi connectivity index (χ0v) is 12.3. The molecule has 0 aliphatic carbocycles. The Labute approximate surface area is 125 Å². The number of esters is 1. The molecule has 0 heterocycles. The van der Waals surface area contributed by atoms with Crippen LogP contribution in [0.15, 0.2) is 49.1 Å². The van der Waals surface area contributed by atoms with E-state index in [0.29, 0.717) is 19.7 Å². The maximum absolute atomic E-state index is 12.1. The number of hydrogen-bond donors (Lipinski definition) is 0. The van der Waals surface area contributed by atoms with Crippen molar-refractivity contribution in [2.75, 3.05) is 19.7 Å². The molecule has 1 aromatic carbocycles. The van der Waals surface area contributed by atoms with Gasteiger partial charge in [0.05, 0.1) is 13.0 Å². The van der Waals surface area contributed by atoms with Gasteiger partial charge in [-0.3, -0.25) is 9.59 Å². The zero-order chi connectivity index (χ0) is 15.5. The third kappa shape index (κ3) is 6.56. The molecule has 1 aromatic rings. The molecule has 4 nitrogen and oxygen atoms in total. The third-order valence-electron chi connectivity index (χ3n) is 2.77. The van der Waals surface area contributed by atoms with Gasteiger partial charge in [0.25, 0.3) is 0 Å². The molecule has 0 N–H and O–H groups in total. The lowest BCUT2D eigenvalue weighted by atomic mass is 10.2. The van der Waals surface area contributed by atoms with Crippen molar-refractivity contribution in [1.29, 1.82) is 0 Å². The van der Waals surface area contributed by atoms with Gasteiger partial charge in [-0.1, -0.05) is 36.4 Å². The second-order valence-corrected chi connectivity index (χ2v) is 4.37. The van der Waals surface area contributed by atoms with E-state index in [1.54, 1.807) is 24.0 Å². The highest BCUT2D eigenvalue weighted by atomic mass is 16.5. The Morgan fingerprint density at radius 1 is 1.29 bits per heavy atom. The van der Waals surface area contributed by atoms with Gasteiger partial charge in [0.15, 0.2) is 0 Å². The fourth-order valence-electron chi connectivity index (χ4n) is 1.74. The normalized spacial score (nSPS) is 10.3. The van der Waals surface area contributed by atoms with Gasteiger partial charge < -0.3 is 9.64 Å². The lowest BCUT2D eigenvalue weighted by Crippen LogP contribution is -2.32. The molecule has 0 unspecified atom stereocenters. The molecule has 0 aliphatic heterocycles. The molecular weight excluding hydrogens is 266 g/mol. The van der Waals surface area contributed by atoms with Crippen LogP contribution in [0.2, 0.25) is 0 Å². The topological polar surface area (TPSA) is 46.6 Å². The van der Waals surface area contributed by atoms with E-state index in [9.17, 15) is 9.59 Å². The Morgan fingerprint density at radius 2 is 2.00 bits per heavy atom. The van der Waals surface area contributed by atoms with Crippen molar-refractivity contribution < 1.29 is 14.3 Å². The third-order valence-corrected chi connectivity index (χ3v) is 2.77. The van der Waals surface area contributed by atoms with E-state index in [1.165, 1.54) is 6.08 Å². The maximum atomic E-state index is 12.1. The summed E-state index contributed by atoms with van der Waals surface area (Å²) in [6.07, 6.45) is 5.08. The number of ether oxygens (including phenoxy) is 1. The number of carbonyl (C=O) groups is 2. The number of nitrogens with zero attached hydrogens (tertiary/aromatic N) is 1. The number of carbonyl (C=O) groups excluding carboxylic acids is 2. The summed E-state index contributed by atoms with van der Waals surface area (Å²) >= 11 is 0. The monoisotopic (exact) mass is 287 g/mol. The van der Waals surface area contributed by atoms with Gasteiger partial charge in [0.1, 0.15) is 0 Å². The Hall–Kier alpha value is -2.36. The SMILES string of the molecule is C=CCN(CCC(=O)OCC)C(=O)/C=C/c1ccccc1. The molecule has 0 aliphatic rings.